The fourth-order valence-corrected chi connectivity index (χ4v) is 4.39. The van der Waals surface area contributed by atoms with Crippen molar-refractivity contribution >= 4 is 38.8 Å². The predicted octanol–water partition coefficient (Wildman–Crippen LogP) is 1.20. The molecule has 0 fully saturated rings. The van der Waals surface area contributed by atoms with Crippen LogP contribution in [0.5, 0.6) is 0 Å². The van der Waals surface area contributed by atoms with Crippen LogP contribution in [0.2, 0.25) is 5.02 Å². The van der Waals surface area contributed by atoms with Crippen molar-refractivity contribution in [2.75, 3.05) is 0 Å². The summed E-state index contributed by atoms with van der Waals surface area (Å²) in [5.41, 5.74) is 4.72. The van der Waals surface area contributed by atoms with Crippen molar-refractivity contribution < 1.29 is 8.42 Å². The Morgan fingerprint density at radius 2 is 2.11 bits per heavy atom. The van der Waals surface area contributed by atoms with Crippen LogP contribution >= 0.6 is 23.8 Å². The summed E-state index contributed by atoms with van der Waals surface area (Å²) in [5, 5.41) is 3.76. The van der Waals surface area contributed by atoms with E-state index in [1.165, 1.54) is 17.9 Å². The Morgan fingerprint density at radius 1 is 1.58 bits per heavy atom. The van der Waals surface area contributed by atoms with Gasteiger partial charge in [0, 0.05) is 7.05 Å². The van der Waals surface area contributed by atoms with Crippen LogP contribution in [-0.2, 0) is 17.1 Å². The third-order valence-electron chi connectivity index (χ3n) is 3.11. The third kappa shape index (κ3) is 3.07. The molecule has 0 atom stereocenters. The van der Waals surface area contributed by atoms with Crippen molar-refractivity contribution in [2.24, 2.45) is 12.8 Å². The van der Waals surface area contributed by atoms with Crippen LogP contribution < -0.4 is 10.5 Å². The maximum atomic E-state index is 12.4. The van der Waals surface area contributed by atoms with E-state index in [4.69, 9.17) is 29.6 Å². The van der Waals surface area contributed by atoms with Crippen molar-refractivity contribution in [3.8, 4) is 0 Å². The Hall–Kier alpha value is -0.700. The van der Waals surface area contributed by atoms with E-state index in [2.05, 4.69) is 9.82 Å². The average Bonchev–Trinajstić information content (AvgIpc) is 2.66. The van der Waals surface area contributed by atoms with Crippen molar-refractivity contribution in [2.45, 2.75) is 37.3 Å². The molecular formula is C10H17ClN4O2S2. The Bertz CT molecular complexity index is 559. The van der Waals surface area contributed by atoms with Crippen LogP contribution in [0, 0.1) is 0 Å². The molecule has 1 aromatic heterocycles. The van der Waals surface area contributed by atoms with Gasteiger partial charge in [0.15, 0.2) is 5.03 Å². The Balaban J connectivity index is 3.27. The molecule has 9 heteroatoms. The van der Waals surface area contributed by atoms with E-state index in [9.17, 15) is 8.42 Å². The largest absolute Gasteiger partial charge is 0.392 e. The van der Waals surface area contributed by atoms with Crippen LogP contribution in [0.3, 0.4) is 0 Å². The summed E-state index contributed by atoms with van der Waals surface area (Å²) in [6.07, 6.45) is 2.18. The Kier molecular flexibility index (Phi) is 4.94. The number of sulfonamides is 1. The lowest BCUT2D eigenvalue weighted by Crippen LogP contribution is -2.56. The monoisotopic (exact) mass is 324 g/mol. The normalized spacial score (nSPS) is 12.6. The molecule has 0 radical (unpaired) electrons. The Labute approximate surface area is 123 Å². The molecule has 0 aliphatic heterocycles. The second kappa shape index (κ2) is 5.74. The van der Waals surface area contributed by atoms with E-state index in [0.29, 0.717) is 12.8 Å². The van der Waals surface area contributed by atoms with Crippen LogP contribution in [0.4, 0.5) is 0 Å². The fraction of sp³-hybridized carbons (Fsp3) is 0.600. The SMILES string of the molecule is CCC(CC)(NS(=O)(=O)c1c(Cl)cnn1C)C(N)=S. The van der Waals surface area contributed by atoms with Gasteiger partial charge in [0.05, 0.1) is 21.7 Å². The summed E-state index contributed by atoms with van der Waals surface area (Å²) in [5.74, 6) is 0. The molecule has 0 aliphatic carbocycles. The second-order valence-corrected chi connectivity index (χ2v) is 6.62. The van der Waals surface area contributed by atoms with Crippen LogP contribution in [0.1, 0.15) is 26.7 Å². The number of nitrogens with one attached hydrogen (secondary N) is 1. The van der Waals surface area contributed by atoms with Gasteiger partial charge in [-0.05, 0) is 12.8 Å². The summed E-state index contributed by atoms with van der Waals surface area (Å²) in [6, 6.07) is 0. The molecule has 108 valence electrons. The molecule has 0 spiro atoms. The highest BCUT2D eigenvalue weighted by molar-refractivity contribution is 7.89. The quantitative estimate of drug-likeness (QED) is 0.767. The van der Waals surface area contributed by atoms with E-state index in [1.54, 1.807) is 0 Å². The maximum absolute atomic E-state index is 12.4. The number of nitrogens with zero attached hydrogens (tertiary/aromatic N) is 2. The van der Waals surface area contributed by atoms with E-state index < -0.39 is 15.6 Å². The standard InChI is InChI=1S/C10H17ClN4O2S2/c1-4-10(5-2,9(12)18)14-19(16,17)8-7(11)6-13-15(8)3/h6,14H,4-5H2,1-3H3,(H2,12,18). The first-order valence-electron chi connectivity index (χ1n) is 5.71. The number of halogens is 1. The van der Waals surface area contributed by atoms with Crippen molar-refractivity contribution in [1.29, 1.82) is 0 Å². The molecule has 0 aromatic carbocycles. The van der Waals surface area contributed by atoms with Gasteiger partial charge in [0.1, 0.15) is 0 Å². The molecule has 0 bridgehead atoms. The summed E-state index contributed by atoms with van der Waals surface area (Å²) in [6.45, 7) is 3.63. The molecule has 3 N–H and O–H groups in total. The van der Waals surface area contributed by atoms with Gasteiger partial charge in [-0.1, -0.05) is 37.7 Å². The number of nitrogens with two attached hydrogens (primary N) is 1. The fourth-order valence-electron chi connectivity index (χ4n) is 1.80. The van der Waals surface area contributed by atoms with Crippen LogP contribution in [0.15, 0.2) is 11.2 Å². The van der Waals surface area contributed by atoms with E-state index in [0.717, 1.165) is 0 Å². The molecule has 19 heavy (non-hydrogen) atoms. The number of aromatic nitrogens is 2. The summed E-state index contributed by atoms with van der Waals surface area (Å²) in [4.78, 5) is 0.111. The van der Waals surface area contributed by atoms with Gasteiger partial charge in [-0.2, -0.15) is 9.82 Å². The molecule has 0 amide bonds. The Morgan fingerprint density at radius 3 is 2.42 bits per heavy atom. The molecular weight excluding hydrogens is 308 g/mol. The maximum Gasteiger partial charge on any atom is 0.260 e. The number of rotatable bonds is 6. The van der Waals surface area contributed by atoms with Gasteiger partial charge in [-0.25, -0.2) is 8.42 Å². The lowest BCUT2D eigenvalue weighted by atomic mass is 9.94. The van der Waals surface area contributed by atoms with Gasteiger partial charge < -0.3 is 5.73 Å². The number of aryl methyl sites for hydroxylation is 1. The van der Waals surface area contributed by atoms with Gasteiger partial charge >= 0.3 is 0 Å². The smallest absolute Gasteiger partial charge is 0.260 e. The molecule has 1 rings (SSSR count). The zero-order chi connectivity index (χ0) is 14.8. The number of thiocarbonyl (C=S) groups is 1. The summed E-state index contributed by atoms with van der Waals surface area (Å²) in [7, 11) is -2.35. The van der Waals surface area contributed by atoms with Gasteiger partial charge in [-0.3, -0.25) is 4.68 Å². The van der Waals surface area contributed by atoms with E-state index >= 15 is 0 Å². The van der Waals surface area contributed by atoms with E-state index in [1.807, 2.05) is 13.8 Å². The molecule has 1 heterocycles. The predicted molar refractivity (Wildman–Crippen MR) is 78.6 cm³/mol. The zero-order valence-corrected chi connectivity index (χ0v) is 13.4. The van der Waals surface area contributed by atoms with Gasteiger partial charge in [0.2, 0.25) is 0 Å². The summed E-state index contributed by atoms with van der Waals surface area (Å²) >= 11 is 10.8. The van der Waals surface area contributed by atoms with Crippen molar-refractivity contribution in [3.63, 3.8) is 0 Å². The first kappa shape index (κ1) is 16.4. The molecule has 1 aromatic rings. The molecule has 0 aliphatic rings. The highest BCUT2D eigenvalue weighted by Gasteiger charge is 2.36. The average molecular weight is 325 g/mol. The number of hydrogen-bond donors (Lipinski definition) is 2. The lowest BCUT2D eigenvalue weighted by molar-refractivity contribution is 0.461. The first-order chi connectivity index (χ1) is 8.70. The molecule has 6 nitrogen and oxygen atoms in total. The number of hydrogen-bond acceptors (Lipinski definition) is 4. The first-order valence-corrected chi connectivity index (χ1v) is 7.98. The minimum absolute atomic E-state index is 0.0547. The molecule has 0 unspecified atom stereocenters. The van der Waals surface area contributed by atoms with Crippen LogP contribution in [0.25, 0.3) is 0 Å². The highest BCUT2D eigenvalue weighted by Crippen LogP contribution is 2.24. The highest BCUT2D eigenvalue weighted by atomic mass is 35.5. The minimum Gasteiger partial charge on any atom is -0.392 e. The van der Waals surface area contributed by atoms with Gasteiger partial charge in [0.25, 0.3) is 10.0 Å². The topological polar surface area (TPSA) is 90.0 Å². The lowest BCUT2D eigenvalue weighted by Gasteiger charge is -2.31. The van der Waals surface area contributed by atoms with Crippen LogP contribution in [-0.4, -0.2) is 28.7 Å². The third-order valence-corrected chi connectivity index (χ3v) is 5.54. The van der Waals surface area contributed by atoms with E-state index in [-0.39, 0.29) is 15.0 Å². The zero-order valence-electron chi connectivity index (χ0n) is 11.0. The minimum atomic E-state index is -3.85. The van der Waals surface area contributed by atoms with Crippen molar-refractivity contribution in [3.05, 3.63) is 11.2 Å². The van der Waals surface area contributed by atoms with Crippen molar-refractivity contribution in [1.82, 2.24) is 14.5 Å². The van der Waals surface area contributed by atoms with Gasteiger partial charge in [-0.15, -0.1) is 0 Å². The summed E-state index contributed by atoms with van der Waals surface area (Å²) < 4.78 is 28.5. The molecule has 0 saturated carbocycles. The molecule has 0 saturated heterocycles. The second-order valence-electron chi connectivity index (χ2n) is 4.18.